The number of hydrogen-bond acceptors (Lipinski definition) is 4. The maximum Gasteiger partial charge on any atom is 0.241 e. The van der Waals surface area contributed by atoms with Gasteiger partial charge in [-0.05, 0) is 44.9 Å². The second-order valence-corrected chi connectivity index (χ2v) is 6.42. The molecule has 1 amide bonds. The van der Waals surface area contributed by atoms with Crippen LogP contribution in [0.3, 0.4) is 0 Å². The number of likely N-dealkylation sites (N-methyl/N-ethyl adjacent to an activating group) is 1. The van der Waals surface area contributed by atoms with Crippen LogP contribution in [0.2, 0.25) is 0 Å². The van der Waals surface area contributed by atoms with Gasteiger partial charge in [0.2, 0.25) is 5.91 Å². The molecule has 1 aliphatic rings. The normalized spacial score (nSPS) is 22.7. The second-order valence-electron chi connectivity index (χ2n) is 6.42. The summed E-state index contributed by atoms with van der Waals surface area (Å²) in [4.78, 5) is 14.5. The number of benzene rings is 1. The van der Waals surface area contributed by atoms with Crippen LogP contribution in [0.15, 0.2) is 24.3 Å². The third-order valence-corrected chi connectivity index (χ3v) is 4.80. The minimum atomic E-state index is -0.269. The molecule has 5 heteroatoms. The van der Waals surface area contributed by atoms with E-state index in [1.54, 1.807) is 7.11 Å². The lowest BCUT2D eigenvalue weighted by Gasteiger charge is -2.33. The summed E-state index contributed by atoms with van der Waals surface area (Å²) in [5, 5.41) is 13.0. The number of aliphatic hydroxyl groups is 1. The van der Waals surface area contributed by atoms with Crippen molar-refractivity contribution in [1.29, 1.82) is 0 Å². The number of hydrogen-bond donors (Lipinski definition) is 2. The van der Waals surface area contributed by atoms with Crippen LogP contribution in [0.4, 0.5) is 5.69 Å². The quantitative estimate of drug-likeness (QED) is 0.845. The molecule has 5 nitrogen and oxygen atoms in total. The van der Waals surface area contributed by atoms with E-state index < -0.39 is 0 Å². The summed E-state index contributed by atoms with van der Waals surface area (Å²) >= 11 is 0. The van der Waals surface area contributed by atoms with E-state index in [9.17, 15) is 9.90 Å². The van der Waals surface area contributed by atoms with Crippen LogP contribution in [0.1, 0.15) is 32.6 Å². The zero-order valence-electron chi connectivity index (χ0n) is 14.3. The van der Waals surface area contributed by atoms with Crippen molar-refractivity contribution in [2.75, 3.05) is 26.0 Å². The fraction of sp³-hybridized carbons (Fsp3) is 0.611. The molecule has 0 radical (unpaired) electrons. The van der Waals surface area contributed by atoms with E-state index in [0.29, 0.717) is 11.4 Å². The number of ether oxygens (including phenoxy) is 1. The molecular weight excluding hydrogens is 292 g/mol. The molecule has 2 N–H and O–H groups in total. The summed E-state index contributed by atoms with van der Waals surface area (Å²) in [7, 11) is 3.53. The first-order valence-corrected chi connectivity index (χ1v) is 8.35. The predicted molar refractivity (Wildman–Crippen MR) is 91.7 cm³/mol. The number of carbonyl (C=O) groups excluding carboxylic acids is 1. The average molecular weight is 320 g/mol. The van der Waals surface area contributed by atoms with Gasteiger partial charge in [-0.2, -0.15) is 0 Å². The van der Waals surface area contributed by atoms with Crippen molar-refractivity contribution in [1.82, 2.24) is 4.90 Å². The minimum absolute atomic E-state index is 0.0673. The lowest BCUT2D eigenvalue weighted by atomic mass is 9.86. The molecule has 128 valence electrons. The lowest BCUT2D eigenvalue weighted by Crippen LogP contribution is -2.44. The lowest BCUT2D eigenvalue weighted by molar-refractivity contribution is -0.120. The van der Waals surface area contributed by atoms with Crippen LogP contribution in [-0.2, 0) is 4.79 Å². The highest BCUT2D eigenvalue weighted by atomic mass is 16.5. The van der Waals surface area contributed by atoms with Gasteiger partial charge in [0.25, 0.3) is 0 Å². The van der Waals surface area contributed by atoms with Crippen molar-refractivity contribution in [2.24, 2.45) is 5.92 Å². The van der Waals surface area contributed by atoms with E-state index in [2.05, 4.69) is 5.32 Å². The summed E-state index contributed by atoms with van der Waals surface area (Å²) in [5.41, 5.74) is 0.679. The van der Waals surface area contributed by atoms with E-state index in [-0.39, 0.29) is 24.0 Å². The molecule has 3 unspecified atom stereocenters. The number of nitrogens with one attached hydrogen (secondary N) is 1. The Kier molecular flexibility index (Phi) is 6.42. The van der Waals surface area contributed by atoms with Crippen LogP contribution < -0.4 is 10.1 Å². The number of methoxy groups -OCH3 is 1. The second kappa shape index (κ2) is 8.31. The summed E-state index contributed by atoms with van der Waals surface area (Å²) < 4.78 is 5.26. The number of para-hydroxylation sites is 2. The highest BCUT2D eigenvalue weighted by molar-refractivity contribution is 5.95. The first kappa shape index (κ1) is 17.8. The topological polar surface area (TPSA) is 61.8 Å². The molecule has 0 spiro atoms. The van der Waals surface area contributed by atoms with Crippen molar-refractivity contribution >= 4 is 11.6 Å². The Labute approximate surface area is 138 Å². The molecule has 1 aromatic rings. The number of anilines is 1. The molecule has 1 aliphatic carbocycles. The van der Waals surface area contributed by atoms with Gasteiger partial charge in [-0.15, -0.1) is 0 Å². The van der Waals surface area contributed by atoms with Gasteiger partial charge in [0, 0.05) is 6.54 Å². The van der Waals surface area contributed by atoms with E-state index in [1.165, 1.54) is 0 Å². The van der Waals surface area contributed by atoms with Gasteiger partial charge < -0.3 is 15.2 Å². The largest absolute Gasteiger partial charge is 0.495 e. The van der Waals surface area contributed by atoms with Gasteiger partial charge in [-0.3, -0.25) is 9.69 Å². The van der Waals surface area contributed by atoms with Crippen molar-refractivity contribution in [3.63, 3.8) is 0 Å². The fourth-order valence-electron chi connectivity index (χ4n) is 3.11. The zero-order chi connectivity index (χ0) is 16.8. The molecule has 1 saturated carbocycles. The number of nitrogens with zero attached hydrogens (tertiary/aromatic N) is 1. The van der Waals surface area contributed by atoms with Gasteiger partial charge >= 0.3 is 0 Å². The van der Waals surface area contributed by atoms with Crippen molar-refractivity contribution in [2.45, 2.75) is 44.8 Å². The molecule has 0 aromatic heterocycles. The first-order chi connectivity index (χ1) is 11.0. The summed E-state index contributed by atoms with van der Waals surface area (Å²) in [6.45, 7) is 2.63. The van der Waals surface area contributed by atoms with Gasteiger partial charge in [0.15, 0.2) is 0 Å². The molecule has 0 heterocycles. The molecule has 2 rings (SSSR count). The van der Waals surface area contributed by atoms with E-state index in [1.807, 2.05) is 43.1 Å². The van der Waals surface area contributed by atoms with Gasteiger partial charge in [0.05, 0.1) is 24.9 Å². The van der Waals surface area contributed by atoms with Crippen LogP contribution >= 0.6 is 0 Å². The Bertz CT molecular complexity index is 521. The van der Waals surface area contributed by atoms with E-state index in [0.717, 1.165) is 32.2 Å². The van der Waals surface area contributed by atoms with Crippen LogP contribution in [0.25, 0.3) is 0 Å². The first-order valence-electron chi connectivity index (χ1n) is 8.35. The smallest absolute Gasteiger partial charge is 0.241 e. The van der Waals surface area contributed by atoms with E-state index >= 15 is 0 Å². The maximum atomic E-state index is 12.5. The SMILES string of the molecule is COc1ccccc1NC(=O)C(C)N(C)CC1CCCCC1O. The summed E-state index contributed by atoms with van der Waals surface area (Å²) in [6.07, 6.45) is 3.94. The Morgan fingerprint density at radius 2 is 2.09 bits per heavy atom. The maximum absolute atomic E-state index is 12.5. The summed E-state index contributed by atoms with van der Waals surface area (Å²) in [5.74, 6) is 0.843. The van der Waals surface area contributed by atoms with Crippen molar-refractivity contribution in [3.05, 3.63) is 24.3 Å². The molecule has 1 fully saturated rings. The summed E-state index contributed by atoms with van der Waals surface area (Å²) in [6, 6.07) is 7.12. The molecular formula is C18H28N2O3. The van der Waals surface area contributed by atoms with Crippen molar-refractivity contribution < 1.29 is 14.6 Å². The Balaban J connectivity index is 1.93. The van der Waals surface area contributed by atoms with E-state index in [4.69, 9.17) is 4.74 Å². The molecule has 0 bridgehead atoms. The van der Waals surface area contributed by atoms with Crippen LogP contribution in [0, 0.1) is 5.92 Å². The fourth-order valence-corrected chi connectivity index (χ4v) is 3.11. The number of rotatable bonds is 6. The number of aliphatic hydroxyl groups excluding tert-OH is 1. The molecule has 1 aromatic carbocycles. The van der Waals surface area contributed by atoms with Gasteiger partial charge in [-0.25, -0.2) is 0 Å². The highest BCUT2D eigenvalue weighted by Crippen LogP contribution is 2.26. The Morgan fingerprint density at radius 1 is 1.39 bits per heavy atom. The predicted octanol–water partition coefficient (Wildman–Crippen LogP) is 2.51. The third kappa shape index (κ3) is 4.69. The zero-order valence-corrected chi connectivity index (χ0v) is 14.3. The van der Waals surface area contributed by atoms with Crippen molar-refractivity contribution in [3.8, 4) is 5.75 Å². The molecule has 3 atom stereocenters. The molecule has 0 saturated heterocycles. The van der Waals surface area contributed by atoms with Gasteiger partial charge in [-0.1, -0.05) is 25.0 Å². The molecule has 0 aliphatic heterocycles. The standard InChI is InChI=1S/C18H28N2O3/c1-13(20(2)12-14-8-4-6-10-16(14)21)18(22)19-15-9-5-7-11-17(15)23-3/h5,7,9,11,13-14,16,21H,4,6,8,10,12H2,1-3H3,(H,19,22). The number of carbonyl (C=O) groups is 1. The van der Waals surface area contributed by atoms with Crippen LogP contribution in [0.5, 0.6) is 5.75 Å². The Morgan fingerprint density at radius 3 is 2.78 bits per heavy atom. The monoisotopic (exact) mass is 320 g/mol. The third-order valence-electron chi connectivity index (χ3n) is 4.80. The van der Waals surface area contributed by atoms with Crippen LogP contribution in [-0.4, -0.2) is 48.8 Å². The number of amides is 1. The Hall–Kier alpha value is -1.59. The minimum Gasteiger partial charge on any atom is -0.495 e. The molecule has 23 heavy (non-hydrogen) atoms. The van der Waals surface area contributed by atoms with Gasteiger partial charge in [0.1, 0.15) is 5.75 Å². The highest BCUT2D eigenvalue weighted by Gasteiger charge is 2.27. The average Bonchev–Trinajstić information content (AvgIpc) is 2.56.